The van der Waals surface area contributed by atoms with Gasteiger partial charge in [0.1, 0.15) is 24.0 Å². The zero-order valence-corrected chi connectivity index (χ0v) is 24.3. The zero-order valence-electron chi connectivity index (χ0n) is 23.4. The summed E-state index contributed by atoms with van der Waals surface area (Å²) in [4.78, 5) is 44.8. The van der Waals surface area contributed by atoms with E-state index in [4.69, 9.17) is 4.74 Å². The standard InChI is InChI=1S/C27H35F3N4O4S/c1-15-9-19(23(36)33(8)20-12-39-13-21(35)32-20)31-22-17(15)10-16(11-18(22)25(2,3)4)34(14-27(28,29)30)24(37)38-26(5,6)7/h9-11,20H,12-14H2,1-8H3,(H,32,35)/t20-/m1/s1. The molecule has 2 aromatic rings. The average Bonchev–Trinajstić information content (AvgIpc) is 2.78. The summed E-state index contributed by atoms with van der Waals surface area (Å²) in [6.07, 6.45) is -6.28. The van der Waals surface area contributed by atoms with Crippen molar-refractivity contribution in [2.45, 2.75) is 71.8 Å². The lowest BCUT2D eigenvalue weighted by Gasteiger charge is -2.32. The molecule has 0 bridgehead atoms. The van der Waals surface area contributed by atoms with Crippen molar-refractivity contribution in [3.8, 4) is 0 Å². The molecule has 0 spiro atoms. The highest BCUT2D eigenvalue weighted by Crippen LogP contribution is 2.36. The molecule has 39 heavy (non-hydrogen) atoms. The fraction of sp³-hybridized carbons (Fsp3) is 0.556. The molecule has 3 rings (SSSR count). The number of aryl methyl sites for hydroxylation is 1. The fourth-order valence-corrected chi connectivity index (χ4v) is 5.05. The number of fused-ring (bicyclic) bond motifs is 1. The number of carbonyl (C=O) groups is 3. The first-order chi connectivity index (χ1) is 17.8. The number of benzene rings is 1. The van der Waals surface area contributed by atoms with Crippen molar-refractivity contribution in [3.63, 3.8) is 0 Å². The molecule has 1 aliphatic heterocycles. The number of nitrogens with zero attached hydrogens (tertiary/aromatic N) is 3. The zero-order chi connectivity index (χ0) is 29.5. The fourth-order valence-electron chi connectivity index (χ4n) is 4.13. The molecular weight excluding hydrogens is 533 g/mol. The van der Waals surface area contributed by atoms with Crippen LogP contribution in [0.3, 0.4) is 0 Å². The third kappa shape index (κ3) is 7.55. The van der Waals surface area contributed by atoms with E-state index in [0.717, 1.165) is 0 Å². The molecule has 0 aliphatic carbocycles. The molecule has 2 heterocycles. The molecule has 1 atom stereocenters. The van der Waals surface area contributed by atoms with Gasteiger partial charge in [-0.15, -0.1) is 11.8 Å². The van der Waals surface area contributed by atoms with Crippen molar-refractivity contribution in [2.75, 3.05) is 30.0 Å². The Hall–Kier alpha value is -3.02. The van der Waals surface area contributed by atoms with Crippen molar-refractivity contribution < 1.29 is 32.3 Å². The van der Waals surface area contributed by atoms with Gasteiger partial charge in [-0.2, -0.15) is 13.2 Å². The van der Waals surface area contributed by atoms with E-state index in [-0.39, 0.29) is 17.3 Å². The molecule has 0 unspecified atom stereocenters. The summed E-state index contributed by atoms with van der Waals surface area (Å²) in [6, 6.07) is 4.54. The summed E-state index contributed by atoms with van der Waals surface area (Å²) in [5.41, 5.74) is 0.162. The largest absolute Gasteiger partial charge is 0.443 e. The minimum Gasteiger partial charge on any atom is -0.443 e. The van der Waals surface area contributed by atoms with Gasteiger partial charge < -0.3 is 15.0 Å². The molecule has 1 aromatic heterocycles. The molecule has 3 amide bonds. The first-order valence-electron chi connectivity index (χ1n) is 12.4. The Morgan fingerprint density at radius 3 is 2.31 bits per heavy atom. The van der Waals surface area contributed by atoms with Gasteiger partial charge in [-0.05, 0) is 62.4 Å². The summed E-state index contributed by atoms with van der Waals surface area (Å²) in [6.45, 7) is 10.6. The van der Waals surface area contributed by atoms with Crippen molar-refractivity contribution in [2.24, 2.45) is 0 Å². The number of hydrogen-bond donors (Lipinski definition) is 1. The third-order valence-corrected chi connectivity index (χ3v) is 7.04. The molecule has 0 radical (unpaired) electrons. The van der Waals surface area contributed by atoms with Crippen LogP contribution in [-0.4, -0.2) is 70.8 Å². The Balaban J connectivity index is 2.15. The van der Waals surface area contributed by atoms with Crippen LogP contribution in [0.5, 0.6) is 0 Å². The van der Waals surface area contributed by atoms with Gasteiger partial charge in [-0.1, -0.05) is 20.8 Å². The van der Waals surface area contributed by atoms with Crippen LogP contribution >= 0.6 is 11.8 Å². The maximum Gasteiger partial charge on any atom is 0.415 e. The van der Waals surface area contributed by atoms with Gasteiger partial charge in [-0.25, -0.2) is 9.78 Å². The minimum absolute atomic E-state index is 0.0158. The molecule has 12 heteroatoms. The lowest BCUT2D eigenvalue weighted by molar-refractivity contribution is -0.120. The number of hydrogen-bond acceptors (Lipinski definition) is 6. The van der Waals surface area contributed by atoms with Gasteiger partial charge in [0.15, 0.2) is 0 Å². The quantitative estimate of drug-likeness (QED) is 0.531. The van der Waals surface area contributed by atoms with Crippen LogP contribution in [0.2, 0.25) is 0 Å². The predicted octanol–water partition coefficient (Wildman–Crippen LogP) is 5.41. The first-order valence-corrected chi connectivity index (χ1v) is 13.6. The molecule has 0 saturated carbocycles. The number of amides is 3. The molecular formula is C27H35F3N4O4S. The third-order valence-electron chi connectivity index (χ3n) is 6.02. The monoisotopic (exact) mass is 568 g/mol. The Morgan fingerprint density at radius 1 is 1.13 bits per heavy atom. The van der Waals surface area contributed by atoms with E-state index < -0.39 is 41.9 Å². The summed E-state index contributed by atoms with van der Waals surface area (Å²) in [5, 5.41) is 3.30. The number of halogens is 3. The number of anilines is 1. The second-order valence-electron chi connectivity index (χ2n) is 11.7. The minimum atomic E-state index is -4.67. The van der Waals surface area contributed by atoms with Crippen LogP contribution in [0.1, 0.15) is 63.2 Å². The number of alkyl halides is 3. The van der Waals surface area contributed by atoms with Crippen molar-refractivity contribution in [1.82, 2.24) is 15.2 Å². The molecule has 1 aliphatic rings. The van der Waals surface area contributed by atoms with Gasteiger partial charge in [-0.3, -0.25) is 14.5 Å². The van der Waals surface area contributed by atoms with Crippen LogP contribution in [0.4, 0.5) is 23.7 Å². The van der Waals surface area contributed by atoms with E-state index in [1.807, 2.05) is 20.8 Å². The first kappa shape index (κ1) is 30.5. The Bertz CT molecular complexity index is 1280. The van der Waals surface area contributed by atoms with Crippen LogP contribution < -0.4 is 10.2 Å². The lowest BCUT2D eigenvalue weighted by Crippen LogP contribution is -2.53. The number of nitrogens with one attached hydrogen (secondary N) is 1. The van der Waals surface area contributed by atoms with E-state index in [9.17, 15) is 27.6 Å². The number of carbonyl (C=O) groups excluding carboxylic acids is 3. The van der Waals surface area contributed by atoms with Gasteiger partial charge >= 0.3 is 12.3 Å². The van der Waals surface area contributed by atoms with Crippen molar-refractivity contribution in [3.05, 3.63) is 35.0 Å². The summed E-state index contributed by atoms with van der Waals surface area (Å²) in [7, 11) is 1.59. The number of ether oxygens (including phenoxy) is 1. The molecule has 214 valence electrons. The maximum absolute atomic E-state index is 13.6. The van der Waals surface area contributed by atoms with Crippen molar-refractivity contribution in [1.29, 1.82) is 0 Å². The van der Waals surface area contributed by atoms with E-state index in [1.54, 1.807) is 40.8 Å². The van der Waals surface area contributed by atoms with Crippen LogP contribution in [0.25, 0.3) is 10.9 Å². The normalized spacial score (nSPS) is 16.6. The van der Waals surface area contributed by atoms with E-state index in [0.29, 0.717) is 38.4 Å². The van der Waals surface area contributed by atoms with Gasteiger partial charge in [0.05, 0.1) is 11.3 Å². The molecule has 1 N–H and O–H groups in total. The molecule has 8 nitrogen and oxygen atoms in total. The second-order valence-corrected chi connectivity index (χ2v) is 12.7. The summed E-state index contributed by atoms with van der Waals surface area (Å²) >= 11 is 1.43. The number of thioether (sulfide) groups is 1. The average molecular weight is 569 g/mol. The lowest BCUT2D eigenvalue weighted by atomic mass is 9.84. The summed E-state index contributed by atoms with van der Waals surface area (Å²) in [5.74, 6) is 0.313. The Kier molecular flexibility index (Phi) is 8.50. The highest BCUT2D eigenvalue weighted by atomic mass is 32.2. The van der Waals surface area contributed by atoms with Gasteiger partial charge in [0, 0.05) is 23.9 Å². The maximum atomic E-state index is 13.6. The van der Waals surface area contributed by atoms with Crippen LogP contribution in [-0.2, 0) is 14.9 Å². The SMILES string of the molecule is Cc1cc(C(=O)N(C)[C@@H]2CSCC(=O)N2)nc2c(C(C)(C)C)cc(N(CC(F)(F)F)C(=O)OC(C)(C)C)cc12. The number of rotatable bonds is 4. The number of pyridine rings is 1. The topological polar surface area (TPSA) is 91.8 Å². The molecule has 1 fully saturated rings. The van der Waals surface area contributed by atoms with E-state index >= 15 is 0 Å². The Labute approximate surface area is 230 Å². The molecule has 1 saturated heterocycles. The number of aromatic nitrogens is 1. The van der Waals surface area contributed by atoms with Crippen LogP contribution in [0, 0.1) is 6.92 Å². The predicted molar refractivity (Wildman–Crippen MR) is 146 cm³/mol. The van der Waals surface area contributed by atoms with Crippen molar-refractivity contribution >= 4 is 46.3 Å². The Morgan fingerprint density at radius 2 is 1.77 bits per heavy atom. The van der Waals surface area contributed by atoms with Gasteiger partial charge in [0.25, 0.3) is 5.91 Å². The highest BCUT2D eigenvalue weighted by molar-refractivity contribution is 8.00. The van der Waals surface area contributed by atoms with E-state index in [2.05, 4.69) is 10.3 Å². The van der Waals surface area contributed by atoms with E-state index in [1.165, 1.54) is 28.8 Å². The molecule has 1 aromatic carbocycles. The smallest absolute Gasteiger partial charge is 0.415 e. The second kappa shape index (κ2) is 10.9. The van der Waals surface area contributed by atoms with Gasteiger partial charge in [0.2, 0.25) is 5.91 Å². The highest BCUT2D eigenvalue weighted by Gasteiger charge is 2.37. The summed E-state index contributed by atoms with van der Waals surface area (Å²) < 4.78 is 46.0. The van der Waals surface area contributed by atoms with Crippen LogP contribution in [0.15, 0.2) is 18.2 Å².